The number of aliphatic hydroxyl groups is 3. The Morgan fingerprint density at radius 1 is 0.833 bits per heavy atom. The Kier molecular flexibility index (Phi) is 19.8. The van der Waals surface area contributed by atoms with E-state index >= 15 is 0 Å². The quantitative estimate of drug-likeness (QED) is 0.0505. The molecule has 3 N–H and O–H groups in total. The van der Waals surface area contributed by atoms with Gasteiger partial charge in [-0.2, -0.15) is 0 Å². The molecule has 0 amide bonds. The van der Waals surface area contributed by atoms with Crippen molar-refractivity contribution in [2.45, 2.75) is 233 Å². The average molecular weight is 839 g/mol. The first-order chi connectivity index (χ1) is 28.8. The standard InChI is InChI=1S/C53H90O7/c1-8-10-11-12-13-14-15-16-17-18-19-20-21-22-23-24-47(54)58-36-46-48(55)49(56)50(57)51(60-46)59-41-31-33-52(6)40(35-41)27-28-42-44-30-29-43(53(44,7)34-32-45(42)52)38(5)25-26-39(9-2)37(3)4/h13-14,16-17,27,37-39,41-46,48-51,55-57H,8-12,15,18-26,28-36H2,1-7H3/t38-,39-,41+,42+,43-,44+,45+,46-,48-,49+,50-,51-,52+,53-/m1/s1. The second kappa shape index (κ2) is 24.0. The maximum Gasteiger partial charge on any atom is 0.305 e. The van der Waals surface area contributed by atoms with Crippen molar-refractivity contribution < 1.29 is 34.3 Å². The molecule has 60 heavy (non-hydrogen) atoms. The van der Waals surface area contributed by atoms with E-state index in [0.717, 1.165) is 106 Å². The lowest BCUT2D eigenvalue weighted by molar-refractivity contribution is -0.313. The number of unbranched alkanes of at least 4 members (excludes halogenated alkanes) is 8. The molecule has 3 saturated carbocycles. The number of esters is 1. The monoisotopic (exact) mass is 839 g/mol. The Balaban J connectivity index is 1.03. The van der Waals surface area contributed by atoms with Crippen LogP contribution in [0.1, 0.15) is 196 Å². The molecule has 0 radical (unpaired) electrons. The first-order valence-electron chi connectivity index (χ1n) is 25.3. The number of carbonyl (C=O) groups is 1. The van der Waals surface area contributed by atoms with Crippen molar-refractivity contribution in [1.82, 2.24) is 0 Å². The fourth-order valence-electron chi connectivity index (χ4n) is 13.1. The summed E-state index contributed by atoms with van der Waals surface area (Å²) >= 11 is 0. The third-order valence-electron chi connectivity index (χ3n) is 17.0. The van der Waals surface area contributed by atoms with E-state index in [9.17, 15) is 20.1 Å². The van der Waals surface area contributed by atoms with Gasteiger partial charge >= 0.3 is 5.97 Å². The van der Waals surface area contributed by atoms with Gasteiger partial charge < -0.3 is 29.5 Å². The lowest BCUT2D eigenvalue weighted by Crippen LogP contribution is -2.60. The van der Waals surface area contributed by atoms with Crippen molar-refractivity contribution in [2.75, 3.05) is 6.61 Å². The third kappa shape index (κ3) is 12.6. The Bertz CT molecular complexity index is 1370. The number of aliphatic hydroxyl groups excluding tert-OH is 3. The molecule has 1 saturated heterocycles. The molecule has 0 aromatic carbocycles. The summed E-state index contributed by atoms with van der Waals surface area (Å²) < 4.78 is 18.0. The smallest absolute Gasteiger partial charge is 0.305 e. The fraction of sp³-hybridized carbons (Fsp3) is 0.868. The molecule has 0 spiro atoms. The van der Waals surface area contributed by atoms with Crippen LogP contribution in [0.4, 0.5) is 0 Å². The zero-order valence-electron chi connectivity index (χ0n) is 39.3. The normalized spacial score (nSPS) is 36.5. The van der Waals surface area contributed by atoms with Gasteiger partial charge in [0.15, 0.2) is 6.29 Å². The molecule has 344 valence electrons. The van der Waals surface area contributed by atoms with E-state index in [1.165, 1.54) is 76.2 Å². The van der Waals surface area contributed by atoms with Crippen molar-refractivity contribution >= 4 is 5.97 Å². The average Bonchev–Trinajstić information content (AvgIpc) is 3.59. The Morgan fingerprint density at radius 3 is 2.27 bits per heavy atom. The van der Waals surface area contributed by atoms with Gasteiger partial charge in [-0.05, 0) is 149 Å². The maximum atomic E-state index is 12.6. The number of hydrogen-bond acceptors (Lipinski definition) is 7. The fourth-order valence-corrected chi connectivity index (χ4v) is 13.1. The molecule has 1 aliphatic heterocycles. The highest BCUT2D eigenvalue weighted by atomic mass is 16.7. The largest absolute Gasteiger partial charge is 0.463 e. The molecule has 5 aliphatic rings. The van der Waals surface area contributed by atoms with Crippen LogP contribution in [0.5, 0.6) is 0 Å². The summed E-state index contributed by atoms with van der Waals surface area (Å²) in [7, 11) is 0. The van der Waals surface area contributed by atoms with E-state index in [-0.39, 0.29) is 24.1 Å². The van der Waals surface area contributed by atoms with Crippen molar-refractivity contribution in [1.29, 1.82) is 0 Å². The van der Waals surface area contributed by atoms with E-state index < -0.39 is 30.7 Å². The summed E-state index contributed by atoms with van der Waals surface area (Å²) in [6, 6.07) is 0. The van der Waals surface area contributed by atoms with Gasteiger partial charge in [-0.15, -0.1) is 0 Å². The molecule has 0 unspecified atom stereocenters. The van der Waals surface area contributed by atoms with E-state index in [0.29, 0.717) is 17.8 Å². The van der Waals surface area contributed by atoms with Crippen molar-refractivity contribution in [3.05, 3.63) is 36.0 Å². The Labute approximate surface area is 367 Å². The minimum atomic E-state index is -1.45. The van der Waals surface area contributed by atoms with Gasteiger partial charge in [0.05, 0.1) is 6.10 Å². The van der Waals surface area contributed by atoms with Gasteiger partial charge in [0.1, 0.15) is 31.0 Å². The summed E-state index contributed by atoms with van der Waals surface area (Å²) in [5.41, 5.74) is 2.12. The first-order valence-corrected chi connectivity index (χ1v) is 25.3. The minimum Gasteiger partial charge on any atom is -0.463 e. The molecule has 1 heterocycles. The van der Waals surface area contributed by atoms with Crippen LogP contribution in [0.2, 0.25) is 0 Å². The van der Waals surface area contributed by atoms with Gasteiger partial charge in [0.25, 0.3) is 0 Å². The molecular weight excluding hydrogens is 749 g/mol. The number of hydrogen-bond donors (Lipinski definition) is 3. The van der Waals surface area contributed by atoms with Crippen LogP contribution in [0, 0.1) is 52.3 Å². The second-order valence-electron chi connectivity index (χ2n) is 21.1. The van der Waals surface area contributed by atoms with Crippen LogP contribution in [0.25, 0.3) is 0 Å². The molecule has 7 nitrogen and oxygen atoms in total. The van der Waals surface area contributed by atoms with Crippen molar-refractivity contribution in [3.63, 3.8) is 0 Å². The summed E-state index contributed by atoms with van der Waals surface area (Å²) in [6.45, 7) is 17.0. The molecular formula is C53H90O7. The Hall–Kier alpha value is -1.51. The lowest BCUT2D eigenvalue weighted by atomic mass is 9.47. The molecule has 5 rings (SSSR count). The summed E-state index contributed by atoms with van der Waals surface area (Å²) in [5, 5.41) is 32.5. The highest BCUT2D eigenvalue weighted by Crippen LogP contribution is 2.67. The topological polar surface area (TPSA) is 105 Å². The van der Waals surface area contributed by atoms with Crippen LogP contribution < -0.4 is 0 Å². The Morgan fingerprint density at radius 2 is 1.55 bits per heavy atom. The molecule has 14 atom stereocenters. The summed E-state index contributed by atoms with van der Waals surface area (Å²) in [5.74, 6) is 5.20. The summed E-state index contributed by atoms with van der Waals surface area (Å²) in [4.78, 5) is 12.6. The number of allylic oxidation sites excluding steroid dienone is 5. The second-order valence-corrected chi connectivity index (χ2v) is 21.1. The number of fused-ring (bicyclic) bond motifs is 5. The zero-order chi connectivity index (χ0) is 43.3. The van der Waals surface area contributed by atoms with Crippen LogP contribution in [0.3, 0.4) is 0 Å². The molecule has 0 aromatic heterocycles. The van der Waals surface area contributed by atoms with Crippen LogP contribution in [-0.2, 0) is 19.0 Å². The first kappa shape index (κ1) is 49.5. The van der Waals surface area contributed by atoms with E-state index in [2.05, 4.69) is 78.8 Å². The van der Waals surface area contributed by atoms with Gasteiger partial charge in [-0.3, -0.25) is 4.79 Å². The van der Waals surface area contributed by atoms with E-state index in [4.69, 9.17) is 14.2 Å². The molecule has 0 bridgehead atoms. The van der Waals surface area contributed by atoms with Crippen LogP contribution in [-0.4, -0.2) is 64.7 Å². The highest BCUT2D eigenvalue weighted by Gasteiger charge is 2.59. The van der Waals surface area contributed by atoms with Gasteiger partial charge in [-0.1, -0.05) is 129 Å². The lowest BCUT2D eigenvalue weighted by Gasteiger charge is -2.58. The molecule has 4 fully saturated rings. The number of rotatable bonds is 24. The summed E-state index contributed by atoms with van der Waals surface area (Å²) in [6.07, 6.45) is 31.2. The third-order valence-corrected chi connectivity index (χ3v) is 17.0. The van der Waals surface area contributed by atoms with Gasteiger partial charge in [0, 0.05) is 6.42 Å². The predicted molar refractivity (Wildman–Crippen MR) is 244 cm³/mol. The molecule has 4 aliphatic carbocycles. The van der Waals surface area contributed by atoms with Gasteiger partial charge in [-0.25, -0.2) is 0 Å². The van der Waals surface area contributed by atoms with Crippen LogP contribution >= 0.6 is 0 Å². The van der Waals surface area contributed by atoms with Crippen molar-refractivity contribution in [2.24, 2.45) is 52.3 Å². The highest BCUT2D eigenvalue weighted by molar-refractivity contribution is 5.69. The maximum absolute atomic E-state index is 12.6. The van der Waals surface area contributed by atoms with Gasteiger partial charge in [0.2, 0.25) is 0 Å². The van der Waals surface area contributed by atoms with E-state index in [1.54, 1.807) is 0 Å². The van der Waals surface area contributed by atoms with Crippen LogP contribution in [0.15, 0.2) is 36.0 Å². The predicted octanol–water partition coefficient (Wildman–Crippen LogP) is 12.2. The number of carbonyl (C=O) groups excluding carboxylic acids is 1. The minimum absolute atomic E-state index is 0.146. The molecule has 7 heteroatoms. The van der Waals surface area contributed by atoms with Crippen molar-refractivity contribution in [3.8, 4) is 0 Å². The van der Waals surface area contributed by atoms with E-state index in [1.807, 2.05) is 0 Å². The SMILES string of the molecule is CCCCCC=CCC=CCCCCCCCC(=O)OC[C@H]1O[C@@H](O[C@H]2CC[C@@]3(C)C(=CC[C@H]4[C@@H]5CC[C@H]([C@H](C)CC[C@@H](CC)C(C)C)[C@@]5(C)CC[C@@H]43)C2)[C@H](O)[C@@H](O)[C@@H]1O. The molecule has 0 aromatic rings. The zero-order valence-corrected chi connectivity index (χ0v) is 39.3. The number of ether oxygens (including phenoxy) is 3.